The van der Waals surface area contributed by atoms with Crippen molar-refractivity contribution in [2.75, 3.05) is 7.05 Å². The number of nitrogens with one attached hydrogen (secondary N) is 1. The van der Waals surface area contributed by atoms with E-state index in [9.17, 15) is 0 Å². The molecular formula is C11H14N4S. The third kappa shape index (κ3) is 2.34. The molecule has 1 aromatic heterocycles. The highest BCUT2D eigenvalue weighted by Gasteiger charge is 2.38. The number of rotatable bonds is 3. The summed E-state index contributed by atoms with van der Waals surface area (Å²) >= 11 is 1.72. The molecule has 1 aliphatic carbocycles. The average Bonchev–Trinajstić information content (AvgIpc) is 2.75. The summed E-state index contributed by atoms with van der Waals surface area (Å²) in [4.78, 5) is 8.28. The highest BCUT2D eigenvalue weighted by molar-refractivity contribution is 7.99. The van der Waals surface area contributed by atoms with E-state index in [-0.39, 0.29) is 5.54 Å². The quantitative estimate of drug-likeness (QED) is 0.860. The van der Waals surface area contributed by atoms with E-state index in [1.165, 1.54) is 0 Å². The molecule has 1 aliphatic rings. The number of thioether (sulfide) groups is 1. The number of aromatic nitrogens is 2. The van der Waals surface area contributed by atoms with Crippen molar-refractivity contribution in [2.24, 2.45) is 0 Å². The molecule has 0 amide bonds. The zero-order valence-corrected chi connectivity index (χ0v) is 10.00. The highest BCUT2D eigenvalue weighted by atomic mass is 32.2. The van der Waals surface area contributed by atoms with Gasteiger partial charge in [0.2, 0.25) is 0 Å². The molecule has 0 aliphatic heterocycles. The van der Waals surface area contributed by atoms with Crippen molar-refractivity contribution in [3.05, 3.63) is 18.6 Å². The van der Waals surface area contributed by atoms with Crippen molar-refractivity contribution >= 4 is 11.8 Å². The molecule has 0 bridgehead atoms. The van der Waals surface area contributed by atoms with Crippen LogP contribution in [-0.2, 0) is 0 Å². The predicted molar refractivity (Wildman–Crippen MR) is 62.9 cm³/mol. The Hall–Kier alpha value is -1.12. The molecule has 1 heterocycles. The van der Waals surface area contributed by atoms with Crippen molar-refractivity contribution in [2.45, 2.75) is 35.1 Å². The first-order chi connectivity index (χ1) is 7.78. The Morgan fingerprint density at radius 3 is 3.06 bits per heavy atom. The second-order valence-corrected chi connectivity index (χ2v) is 5.29. The average molecular weight is 234 g/mol. The molecule has 16 heavy (non-hydrogen) atoms. The van der Waals surface area contributed by atoms with E-state index >= 15 is 0 Å². The number of hydrogen-bond acceptors (Lipinski definition) is 5. The second kappa shape index (κ2) is 4.81. The second-order valence-electron chi connectivity index (χ2n) is 3.97. The van der Waals surface area contributed by atoms with Crippen LogP contribution in [0.25, 0.3) is 0 Å². The van der Waals surface area contributed by atoms with Gasteiger partial charge in [0.05, 0.1) is 12.3 Å². The third-order valence-electron chi connectivity index (χ3n) is 2.99. The van der Waals surface area contributed by atoms with Crippen LogP contribution >= 0.6 is 11.8 Å². The smallest absolute Gasteiger partial charge is 0.115 e. The molecule has 1 fully saturated rings. The van der Waals surface area contributed by atoms with Gasteiger partial charge in [-0.15, -0.1) is 11.8 Å². The molecule has 0 spiro atoms. The van der Waals surface area contributed by atoms with Gasteiger partial charge >= 0.3 is 0 Å². The van der Waals surface area contributed by atoms with E-state index in [4.69, 9.17) is 5.26 Å². The topological polar surface area (TPSA) is 61.6 Å². The largest absolute Gasteiger partial charge is 0.302 e. The molecule has 1 aromatic rings. The predicted octanol–water partition coefficient (Wildman–Crippen LogP) is 1.60. The van der Waals surface area contributed by atoms with Gasteiger partial charge in [0.1, 0.15) is 10.6 Å². The zero-order valence-electron chi connectivity index (χ0n) is 9.18. The fourth-order valence-corrected chi connectivity index (χ4v) is 3.19. The Morgan fingerprint density at radius 1 is 1.62 bits per heavy atom. The fourth-order valence-electron chi connectivity index (χ4n) is 2.00. The van der Waals surface area contributed by atoms with Crippen LogP contribution in [0, 0.1) is 11.3 Å². The van der Waals surface area contributed by atoms with E-state index in [1.54, 1.807) is 30.4 Å². The molecule has 1 saturated carbocycles. The number of nitrogens with zero attached hydrogens (tertiary/aromatic N) is 3. The molecule has 1 N–H and O–H groups in total. The lowest BCUT2D eigenvalue weighted by molar-refractivity contribution is 0.464. The van der Waals surface area contributed by atoms with Gasteiger partial charge in [-0.3, -0.25) is 4.98 Å². The Kier molecular flexibility index (Phi) is 3.42. The summed E-state index contributed by atoms with van der Waals surface area (Å²) in [6.07, 6.45) is 7.99. The maximum atomic E-state index is 9.15. The fraction of sp³-hybridized carbons (Fsp3) is 0.545. The molecule has 2 atom stereocenters. The lowest BCUT2D eigenvalue weighted by atomic mass is 10.0. The summed E-state index contributed by atoms with van der Waals surface area (Å²) in [7, 11) is 1.86. The van der Waals surface area contributed by atoms with E-state index in [0.717, 1.165) is 24.3 Å². The molecule has 4 nitrogen and oxygen atoms in total. The summed E-state index contributed by atoms with van der Waals surface area (Å²) in [6, 6.07) is 2.38. The molecule has 2 unspecified atom stereocenters. The summed E-state index contributed by atoms with van der Waals surface area (Å²) < 4.78 is 0. The van der Waals surface area contributed by atoms with Crippen molar-refractivity contribution in [1.82, 2.24) is 15.3 Å². The van der Waals surface area contributed by atoms with Gasteiger partial charge in [0.25, 0.3) is 0 Å². The third-order valence-corrected chi connectivity index (χ3v) is 4.18. The van der Waals surface area contributed by atoms with Crippen LogP contribution in [0.2, 0.25) is 0 Å². The van der Waals surface area contributed by atoms with Crippen molar-refractivity contribution in [3.8, 4) is 6.07 Å². The molecular weight excluding hydrogens is 220 g/mol. The number of hydrogen-bond donors (Lipinski definition) is 1. The lowest BCUT2D eigenvalue weighted by Gasteiger charge is -2.19. The first-order valence-corrected chi connectivity index (χ1v) is 6.19. The standard InChI is InChI=1S/C11H14N4S/c1-13-11(8-12)3-2-9(6-11)16-10-7-14-4-5-15-10/h4-5,7,9,13H,2-3,6H2,1H3. The summed E-state index contributed by atoms with van der Waals surface area (Å²) in [5, 5.41) is 13.7. The van der Waals surface area contributed by atoms with E-state index in [2.05, 4.69) is 21.4 Å². The van der Waals surface area contributed by atoms with E-state index < -0.39 is 0 Å². The molecule has 0 saturated heterocycles. The first-order valence-electron chi connectivity index (χ1n) is 5.31. The summed E-state index contributed by atoms with van der Waals surface area (Å²) in [5.41, 5.74) is -0.333. The van der Waals surface area contributed by atoms with Crippen molar-refractivity contribution in [1.29, 1.82) is 5.26 Å². The zero-order chi connectivity index (χ0) is 11.4. The van der Waals surface area contributed by atoms with Crippen LogP contribution in [-0.4, -0.2) is 27.8 Å². The summed E-state index contributed by atoms with van der Waals surface area (Å²) in [6.45, 7) is 0. The molecule has 2 rings (SSSR count). The van der Waals surface area contributed by atoms with Crippen LogP contribution < -0.4 is 5.32 Å². The number of nitriles is 1. The summed E-state index contributed by atoms with van der Waals surface area (Å²) in [5.74, 6) is 0. The maximum absolute atomic E-state index is 9.15. The highest BCUT2D eigenvalue weighted by Crippen LogP contribution is 2.38. The Morgan fingerprint density at radius 2 is 2.50 bits per heavy atom. The Bertz CT molecular complexity index is 389. The molecule has 0 aromatic carbocycles. The van der Waals surface area contributed by atoms with Crippen molar-refractivity contribution < 1.29 is 0 Å². The minimum absolute atomic E-state index is 0.333. The molecule has 5 heteroatoms. The van der Waals surface area contributed by atoms with E-state index in [1.807, 2.05) is 7.05 Å². The maximum Gasteiger partial charge on any atom is 0.115 e. The van der Waals surface area contributed by atoms with Crippen LogP contribution in [0.5, 0.6) is 0 Å². The minimum atomic E-state index is -0.333. The van der Waals surface area contributed by atoms with Crippen molar-refractivity contribution in [3.63, 3.8) is 0 Å². The first kappa shape index (κ1) is 11.4. The Balaban J connectivity index is 1.98. The van der Waals surface area contributed by atoms with Gasteiger partial charge in [0, 0.05) is 17.6 Å². The minimum Gasteiger partial charge on any atom is -0.302 e. The normalized spacial score (nSPS) is 28.9. The molecule has 0 radical (unpaired) electrons. The van der Waals surface area contributed by atoms with Gasteiger partial charge < -0.3 is 5.32 Å². The van der Waals surface area contributed by atoms with Crippen LogP contribution in [0.4, 0.5) is 0 Å². The van der Waals surface area contributed by atoms with Crippen LogP contribution in [0.1, 0.15) is 19.3 Å². The van der Waals surface area contributed by atoms with Gasteiger partial charge in [-0.05, 0) is 26.3 Å². The monoisotopic (exact) mass is 234 g/mol. The SMILES string of the molecule is CNC1(C#N)CCC(Sc2cnccn2)C1. The van der Waals surface area contributed by atoms with Gasteiger partial charge in [-0.2, -0.15) is 5.26 Å². The van der Waals surface area contributed by atoms with Gasteiger partial charge in [0.15, 0.2) is 0 Å². The van der Waals surface area contributed by atoms with Crippen LogP contribution in [0.3, 0.4) is 0 Å². The van der Waals surface area contributed by atoms with Crippen LogP contribution in [0.15, 0.2) is 23.6 Å². The van der Waals surface area contributed by atoms with Gasteiger partial charge in [-0.25, -0.2) is 4.98 Å². The Labute approximate surface area is 99.5 Å². The van der Waals surface area contributed by atoms with E-state index in [0.29, 0.717) is 5.25 Å². The van der Waals surface area contributed by atoms with Gasteiger partial charge in [-0.1, -0.05) is 0 Å². The lowest BCUT2D eigenvalue weighted by Crippen LogP contribution is -2.38. The molecule has 84 valence electrons.